The molecule has 0 aromatic rings. The largest absolute Gasteiger partial charge is 0.280 e. The van der Waals surface area contributed by atoms with E-state index in [9.17, 15) is 8.78 Å². The van der Waals surface area contributed by atoms with Crippen molar-refractivity contribution < 1.29 is 8.78 Å². The van der Waals surface area contributed by atoms with E-state index in [2.05, 4.69) is 0 Å². The summed E-state index contributed by atoms with van der Waals surface area (Å²) >= 11 is 10.2. The van der Waals surface area contributed by atoms with Crippen molar-refractivity contribution in [2.24, 2.45) is 0 Å². The van der Waals surface area contributed by atoms with Gasteiger partial charge in [0.25, 0.3) is 5.92 Å². The highest BCUT2D eigenvalue weighted by atomic mass is 35.5. The van der Waals surface area contributed by atoms with Gasteiger partial charge >= 0.3 is 0 Å². The van der Waals surface area contributed by atoms with Crippen LogP contribution in [0.1, 0.15) is 12.8 Å². The van der Waals surface area contributed by atoms with Gasteiger partial charge in [0, 0.05) is 6.42 Å². The van der Waals surface area contributed by atoms with Crippen molar-refractivity contribution in [3.05, 3.63) is 0 Å². The lowest BCUT2D eigenvalue weighted by Crippen LogP contribution is -2.48. The number of alkyl halides is 4. The Morgan fingerprint density at radius 3 is 1.50 bits per heavy atom. The molecule has 1 fully saturated rings. The predicted octanol–water partition coefficient (Wildman–Crippen LogP) is 2.59. The molecule has 0 aromatic carbocycles. The first-order chi connectivity index (χ1) is 3.46. The lowest BCUT2D eigenvalue weighted by Gasteiger charge is -2.38. The van der Waals surface area contributed by atoms with E-state index in [0.717, 1.165) is 0 Å². The van der Waals surface area contributed by atoms with Crippen molar-refractivity contribution in [2.75, 3.05) is 0 Å². The summed E-state index contributed by atoms with van der Waals surface area (Å²) in [4.78, 5) is 0. The second-order valence-electron chi connectivity index (χ2n) is 1.91. The summed E-state index contributed by atoms with van der Waals surface area (Å²) in [5.41, 5.74) is 0. The predicted molar refractivity (Wildman–Crippen MR) is 28.6 cm³/mol. The van der Waals surface area contributed by atoms with Gasteiger partial charge in [0.1, 0.15) is 0 Å². The van der Waals surface area contributed by atoms with Crippen LogP contribution >= 0.6 is 23.2 Å². The Bertz CT molecular complexity index is 96.6. The number of hydrogen-bond acceptors (Lipinski definition) is 0. The fourth-order valence-corrected chi connectivity index (χ4v) is 0.881. The molecule has 0 bridgehead atoms. The molecule has 48 valence electrons. The van der Waals surface area contributed by atoms with Gasteiger partial charge in [-0.2, -0.15) is 0 Å². The highest BCUT2D eigenvalue weighted by Gasteiger charge is 2.59. The Hall–Kier alpha value is 0.440. The summed E-state index contributed by atoms with van der Waals surface area (Å²) < 4.78 is 22.3. The van der Waals surface area contributed by atoms with Crippen LogP contribution in [0, 0.1) is 0 Å². The number of rotatable bonds is 0. The molecule has 0 saturated heterocycles. The molecule has 4 heteroatoms. The van der Waals surface area contributed by atoms with Crippen LogP contribution in [-0.2, 0) is 0 Å². The lowest BCUT2D eigenvalue weighted by atomic mass is 9.93. The van der Waals surface area contributed by atoms with Gasteiger partial charge in [-0.1, -0.05) is 23.2 Å². The zero-order chi connectivity index (χ0) is 6.41. The highest BCUT2D eigenvalue weighted by molar-refractivity contribution is 6.49. The van der Waals surface area contributed by atoms with Crippen molar-refractivity contribution in [1.29, 1.82) is 0 Å². The van der Waals surface area contributed by atoms with Gasteiger partial charge in [-0.05, 0) is 6.42 Å². The fourth-order valence-electron chi connectivity index (χ4n) is 0.503. The van der Waals surface area contributed by atoms with Crippen LogP contribution in [0.4, 0.5) is 8.78 Å². The van der Waals surface area contributed by atoms with E-state index in [1.807, 2.05) is 0 Å². The van der Waals surface area contributed by atoms with Gasteiger partial charge in [-0.15, -0.1) is 0 Å². The molecule has 0 aromatic heterocycles. The molecule has 8 heavy (non-hydrogen) atoms. The Labute approximate surface area is 55.8 Å². The molecule has 1 aliphatic carbocycles. The first-order valence-electron chi connectivity index (χ1n) is 2.21. The Morgan fingerprint density at radius 2 is 1.50 bits per heavy atom. The molecule has 0 N–H and O–H groups in total. The molecule has 0 nitrogen and oxygen atoms in total. The summed E-state index contributed by atoms with van der Waals surface area (Å²) in [5.74, 6) is -2.85. The van der Waals surface area contributed by atoms with Crippen LogP contribution < -0.4 is 0 Å². The first-order valence-corrected chi connectivity index (χ1v) is 2.97. The Kier molecular flexibility index (Phi) is 1.21. The Morgan fingerprint density at radius 1 is 1.12 bits per heavy atom. The van der Waals surface area contributed by atoms with Gasteiger partial charge < -0.3 is 0 Å². The smallest absolute Gasteiger partial charge is 0.203 e. The zero-order valence-electron chi connectivity index (χ0n) is 3.93. The van der Waals surface area contributed by atoms with E-state index in [-0.39, 0.29) is 12.8 Å². The van der Waals surface area contributed by atoms with Crippen LogP contribution in [0.25, 0.3) is 0 Å². The minimum Gasteiger partial charge on any atom is -0.203 e. The number of hydrogen-bond donors (Lipinski definition) is 0. The standard InChI is InChI=1S/C4H4Cl2F2/c5-3(6)1-2-4(3,7)8/h1-2H2. The van der Waals surface area contributed by atoms with Gasteiger partial charge in [0.2, 0.25) is 0 Å². The van der Waals surface area contributed by atoms with Crippen molar-refractivity contribution in [1.82, 2.24) is 0 Å². The van der Waals surface area contributed by atoms with Crippen LogP contribution in [0.3, 0.4) is 0 Å². The maximum absolute atomic E-state index is 12.1. The summed E-state index contributed by atoms with van der Waals surface area (Å²) in [6.45, 7) is 0. The molecular formula is C4H4Cl2F2. The topological polar surface area (TPSA) is 0 Å². The van der Waals surface area contributed by atoms with Crippen LogP contribution in [0.15, 0.2) is 0 Å². The molecule has 0 amide bonds. The minimum absolute atomic E-state index is 0.181. The zero-order valence-corrected chi connectivity index (χ0v) is 5.44. The highest BCUT2D eigenvalue weighted by Crippen LogP contribution is 2.54. The SMILES string of the molecule is FC1(F)CCC1(Cl)Cl. The summed E-state index contributed by atoms with van der Waals surface area (Å²) in [5, 5.41) is 0. The van der Waals surface area contributed by atoms with E-state index in [4.69, 9.17) is 23.2 Å². The average Bonchev–Trinajstić information content (AvgIpc) is 1.64. The maximum atomic E-state index is 12.1. The van der Waals surface area contributed by atoms with E-state index in [0.29, 0.717) is 0 Å². The monoisotopic (exact) mass is 160 g/mol. The number of halogens is 4. The van der Waals surface area contributed by atoms with Gasteiger partial charge in [0.15, 0.2) is 4.33 Å². The van der Waals surface area contributed by atoms with Crippen molar-refractivity contribution >= 4 is 23.2 Å². The van der Waals surface area contributed by atoms with Gasteiger partial charge in [-0.25, -0.2) is 8.78 Å². The van der Waals surface area contributed by atoms with E-state index >= 15 is 0 Å². The van der Waals surface area contributed by atoms with Gasteiger partial charge in [-0.3, -0.25) is 0 Å². The van der Waals surface area contributed by atoms with E-state index in [1.165, 1.54) is 0 Å². The molecular weight excluding hydrogens is 157 g/mol. The van der Waals surface area contributed by atoms with E-state index in [1.54, 1.807) is 0 Å². The fraction of sp³-hybridized carbons (Fsp3) is 1.00. The van der Waals surface area contributed by atoms with E-state index < -0.39 is 10.3 Å². The summed E-state index contributed by atoms with van der Waals surface area (Å²) in [6.07, 6.45) is 0.0170. The second-order valence-corrected chi connectivity index (χ2v) is 3.39. The summed E-state index contributed by atoms with van der Waals surface area (Å²) in [7, 11) is 0. The third-order valence-corrected chi connectivity index (χ3v) is 2.22. The molecule has 1 saturated carbocycles. The molecule has 1 rings (SSSR count). The quantitative estimate of drug-likeness (QED) is 0.479. The van der Waals surface area contributed by atoms with Crippen LogP contribution in [0.2, 0.25) is 0 Å². The lowest BCUT2D eigenvalue weighted by molar-refractivity contribution is -0.0826. The van der Waals surface area contributed by atoms with Crippen molar-refractivity contribution in [3.63, 3.8) is 0 Å². The molecule has 0 spiro atoms. The first kappa shape index (κ1) is 6.56. The maximum Gasteiger partial charge on any atom is 0.280 e. The average molecular weight is 161 g/mol. The van der Waals surface area contributed by atoms with Crippen molar-refractivity contribution in [3.8, 4) is 0 Å². The van der Waals surface area contributed by atoms with Crippen molar-refractivity contribution in [2.45, 2.75) is 23.1 Å². The normalized spacial score (nSPS) is 31.5. The third kappa shape index (κ3) is 0.705. The summed E-state index contributed by atoms with van der Waals surface area (Å²) in [6, 6.07) is 0. The van der Waals surface area contributed by atoms with Gasteiger partial charge in [0.05, 0.1) is 0 Å². The molecule has 0 atom stereocenters. The minimum atomic E-state index is -2.85. The molecule has 0 heterocycles. The molecule has 1 aliphatic rings. The molecule has 0 aliphatic heterocycles. The Balaban J connectivity index is 2.63. The van der Waals surface area contributed by atoms with Crippen LogP contribution in [-0.4, -0.2) is 10.3 Å². The molecule has 0 radical (unpaired) electrons. The van der Waals surface area contributed by atoms with Crippen LogP contribution in [0.5, 0.6) is 0 Å². The molecule has 0 unspecified atom stereocenters. The third-order valence-electron chi connectivity index (χ3n) is 1.29. The second kappa shape index (κ2) is 1.48.